The van der Waals surface area contributed by atoms with E-state index in [9.17, 15) is 14.0 Å². The van der Waals surface area contributed by atoms with Crippen LogP contribution in [0.5, 0.6) is 0 Å². The fourth-order valence-electron chi connectivity index (χ4n) is 3.57. The molecular weight excluding hydrogens is 283 g/mol. The summed E-state index contributed by atoms with van der Waals surface area (Å²) < 4.78 is 13.8. The average molecular weight is 304 g/mol. The second-order valence-electron chi connectivity index (χ2n) is 6.34. The molecule has 0 spiro atoms. The van der Waals surface area contributed by atoms with E-state index in [1.54, 1.807) is 23.1 Å². The fraction of sp³-hybridized carbons (Fsp3) is 0.529. The lowest BCUT2D eigenvalue weighted by Gasteiger charge is -2.28. The first kappa shape index (κ1) is 15.0. The Kier molecular flexibility index (Phi) is 4.14. The number of hydrogen-bond donors (Lipinski definition) is 1. The minimum Gasteiger partial charge on any atom is -0.368 e. The van der Waals surface area contributed by atoms with Gasteiger partial charge in [-0.3, -0.25) is 9.59 Å². The summed E-state index contributed by atoms with van der Waals surface area (Å²) in [4.78, 5) is 25.6. The van der Waals surface area contributed by atoms with Gasteiger partial charge in [-0.25, -0.2) is 4.39 Å². The number of benzene rings is 1. The second kappa shape index (κ2) is 6.07. The van der Waals surface area contributed by atoms with Crippen molar-refractivity contribution in [1.29, 1.82) is 0 Å². The SMILES string of the molecule is NC(=O)CN(C(=O)[C@H]1C[C@H]1c1ccccc1F)C1CCCC1. The molecule has 118 valence electrons. The van der Waals surface area contributed by atoms with Gasteiger partial charge in [-0.05, 0) is 36.8 Å². The van der Waals surface area contributed by atoms with Gasteiger partial charge >= 0.3 is 0 Å². The number of hydrogen-bond acceptors (Lipinski definition) is 2. The zero-order chi connectivity index (χ0) is 15.7. The molecule has 2 amide bonds. The predicted molar refractivity (Wildman–Crippen MR) is 80.4 cm³/mol. The van der Waals surface area contributed by atoms with Gasteiger partial charge < -0.3 is 10.6 Å². The predicted octanol–water partition coefficient (Wildman–Crippen LogP) is 2.19. The van der Waals surface area contributed by atoms with Crippen molar-refractivity contribution in [3.63, 3.8) is 0 Å². The van der Waals surface area contributed by atoms with Gasteiger partial charge in [0.05, 0.1) is 6.54 Å². The second-order valence-corrected chi connectivity index (χ2v) is 6.34. The summed E-state index contributed by atoms with van der Waals surface area (Å²) in [6.07, 6.45) is 4.66. The Morgan fingerprint density at radius 1 is 1.23 bits per heavy atom. The number of rotatable bonds is 5. The van der Waals surface area contributed by atoms with E-state index in [1.165, 1.54) is 6.07 Å². The highest BCUT2D eigenvalue weighted by Crippen LogP contribution is 2.49. The lowest BCUT2D eigenvalue weighted by Crippen LogP contribution is -2.45. The number of primary amides is 1. The zero-order valence-corrected chi connectivity index (χ0v) is 12.5. The normalized spacial score (nSPS) is 24.2. The first-order valence-electron chi connectivity index (χ1n) is 7.91. The van der Waals surface area contributed by atoms with Crippen LogP contribution in [-0.4, -0.2) is 29.3 Å². The summed E-state index contributed by atoms with van der Waals surface area (Å²) in [5, 5.41) is 0. The number of carbonyl (C=O) groups is 2. The summed E-state index contributed by atoms with van der Waals surface area (Å²) in [6, 6.07) is 6.71. The van der Waals surface area contributed by atoms with Crippen molar-refractivity contribution < 1.29 is 14.0 Å². The van der Waals surface area contributed by atoms with Gasteiger partial charge in [0.15, 0.2) is 0 Å². The van der Waals surface area contributed by atoms with Crippen LogP contribution in [0.1, 0.15) is 43.6 Å². The van der Waals surface area contributed by atoms with E-state index in [1.807, 2.05) is 0 Å². The fourth-order valence-corrected chi connectivity index (χ4v) is 3.57. The summed E-state index contributed by atoms with van der Waals surface area (Å²) >= 11 is 0. The van der Waals surface area contributed by atoms with E-state index < -0.39 is 5.91 Å². The Hall–Kier alpha value is -1.91. The largest absolute Gasteiger partial charge is 0.368 e. The molecule has 0 aliphatic heterocycles. The molecule has 5 heteroatoms. The Morgan fingerprint density at radius 3 is 2.55 bits per heavy atom. The maximum absolute atomic E-state index is 13.8. The Bertz CT molecular complexity index is 584. The van der Waals surface area contributed by atoms with Gasteiger partial charge in [-0.15, -0.1) is 0 Å². The third kappa shape index (κ3) is 2.98. The maximum atomic E-state index is 13.8. The molecule has 1 aromatic rings. The number of nitrogens with zero attached hydrogens (tertiary/aromatic N) is 1. The summed E-state index contributed by atoms with van der Waals surface area (Å²) in [5.74, 6) is -1.06. The summed E-state index contributed by atoms with van der Waals surface area (Å²) in [6.45, 7) is -0.0238. The van der Waals surface area contributed by atoms with Crippen LogP contribution in [0.4, 0.5) is 4.39 Å². The number of amides is 2. The van der Waals surface area contributed by atoms with E-state index in [0.29, 0.717) is 12.0 Å². The van der Waals surface area contributed by atoms with Gasteiger partial charge in [0.25, 0.3) is 0 Å². The molecule has 3 rings (SSSR count). The van der Waals surface area contributed by atoms with Crippen molar-refractivity contribution >= 4 is 11.8 Å². The van der Waals surface area contributed by atoms with Gasteiger partial charge in [0, 0.05) is 12.0 Å². The van der Waals surface area contributed by atoms with Crippen LogP contribution in [0.25, 0.3) is 0 Å². The topological polar surface area (TPSA) is 63.4 Å². The van der Waals surface area contributed by atoms with Gasteiger partial charge in [-0.1, -0.05) is 31.0 Å². The van der Waals surface area contributed by atoms with Gasteiger partial charge in [-0.2, -0.15) is 0 Å². The van der Waals surface area contributed by atoms with E-state index in [0.717, 1.165) is 25.7 Å². The van der Waals surface area contributed by atoms with Crippen molar-refractivity contribution in [2.24, 2.45) is 11.7 Å². The molecule has 2 N–H and O–H groups in total. The Balaban J connectivity index is 1.72. The van der Waals surface area contributed by atoms with Crippen LogP contribution in [0.2, 0.25) is 0 Å². The van der Waals surface area contributed by atoms with Crippen molar-refractivity contribution in [3.05, 3.63) is 35.6 Å². The highest BCUT2D eigenvalue weighted by atomic mass is 19.1. The maximum Gasteiger partial charge on any atom is 0.237 e. The average Bonchev–Trinajstić information content (AvgIpc) is 3.09. The van der Waals surface area contributed by atoms with Gasteiger partial charge in [0.2, 0.25) is 11.8 Å². The van der Waals surface area contributed by atoms with Crippen LogP contribution in [-0.2, 0) is 9.59 Å². The third-order valence-corrected chi connectivity index (χ3v) is 4.79. The third-order valence-electron chi connectivity index (χ3n) is 4.79. The molecule has 0 bridgehead atoms. The first-order chi connectivity index (χ1) is 10.6. The van der Waals surface area contributed by atoms with Crippen molar-refractivity contribution in [3.8, 4) is 0 Å². The summed E-state index contributed by atoms with van der Waals surface area (Å²) in [7, 11) is 0. The monoisotopic (exact) mass is 304 g/mol. The zero-order valence-electron chi connectivity index (χ0n) is 12.5. The van der Waals surface area contributed by atoms with E-state index >= 15 is 0 Å². The molecule has 0 saturated heterocycles. The number of halogens is 1. The van der Waals surface area contributed by atoms with Gasteiger partial charge in [0.1, 0.15) is 5.82 Å². The Labute approximate surface area is 129 Å². The number of carbonyl (C=O) groups excluding carboxylic acids is 2. The molecule has 0 aromatic heterocycles. The van der Waals surface area contributed by atoms with Crippen LogP contribution >= 0.6 is 0 Å². The molecule has 2 fully saturated rings. The van der Waals surface area contributed by atoms with Crippen molar-refractivity contribution in [2.45, 2.75) is 44.1 Å². The molecule has 0 unspecified atom stereocenters. The molecule has 2 saturated carbocycles. The lowest BCUT2D eigenvalue weighted by molar-refractivity contribution is -0.138. The molecule has 0 heterocycles. The van der Waals surface area contributed by atoms with E-state index in [-0.39, 0.29) is 36.1 Å². The molecule has 2 atom stereocenters. The van der Waals surface area contributed by atoms with Crippen molar-refractivity contribution in [2.75, 3.05) is 6.54 Å². The van der Waals surface area contributed by atoms with E-state index in [2.05, 4.69) is 0 Å². The molecule has 1 aromatic carbocycles. The lowest BCUT2D eigenvalue weighted by atomic mass is 10.1. The van der Waals surface area contributed by atoms with Crippen LogP contribution in [0.3, 0.4) is 0 Å². The molecular formula is C17H21FN2O2. The van der Waals surface area contributed by atoms with Crippen LogP contribution in [0.15, 0.2) is 24.3 Å². The highest BCUT2D eigenvalue weighted by Gasteiger charge is 2.48. The van der Waals surface area contributed by atoms with Crippen LogP contribution < -0.4 is 5.73 Å². The van der Waals surface area contributed by atoms with E-state index in [4.69, 9.17) is 5.73 Å². The molecule has 0 radical (unpaired) electrons. The molecule has 22 heavy (non-hydrogen) atoms. The van der Waals surface area contributed by atoms with Crippen molar-refractivity contribution in [1.82, 2.24) is 4.90 Å². The number of nitrogens with two attached hydrogens (primary N) is 1. The standard InChI is InChI=1S/C17H21FN2O2/c18-15-8-4-3-7-12(15)13-9-14(13)17(22)20(10-16(19)21)11-5-1-2-6-11/h3-4,7-8,11,13-14H,1-2,5-6,9-10H2,(H2,19,21)/t13-,14-/m0/s1. The highest BCUT2D eigenvalue weighted by molar-refractivity contribution is 5.87. The minimum absolute atomic E-state index is 0.0238. The van der Waals surface area contributed by atoms with Crippen LogP contribution in [0, 0.1) is 11.7 Å². The smallest absolute Gasteiger partial charge is 0.237 e. The minimum atomic E-state index is -0.483. The molecule has 2 aliphatic carbocycles. The molecule has 2 aliphatic rings. The quantitative estimate of drug-likeness (QED) is 0.906. The first-order valence-corrected chi connectivity index (χ1v) is 7.91. The summed E-state index contributed by atoms with van der Waals surface area (Å²) in [5.41, 5.74) is 5.90. The Morgan fingerprint density at radius 2 is 1.91 bits per heavy atom. The molecule has 4 nitrogen and oxygen atoms in total.